The van der Waals surface area contributed by atoms with E-state index in [0.29, 0.717) is 24.1 Å². The lowest BCUT2D eigenvalue weighted by atomic mass is 10.1. The summed E-state index contributed by atoms with van der Waals surface area (Å²) >= 11 is 3.40. The molecule has 0 atom stereocenters. The molecule has 2 rings (SSSR count). The number of rotatable bonds is 4. The predicted molar refractivity (Wildman–Crippen MR) is 81.3 cm³/mol. The second-order valence-corrected chi connectivity index (χ2v) is 5.36. The fourth-order valence-electron chi connectivity index (χ4n) is 1.96. The molecule has 20 heavy (non-hydrogen) atoms. The summed E-state index contributed by atoms with van der Waals surface area (Å²) in [6.45, 7) is 2.29. The Labute approximate surface area is 126 Å². The van der Waals surface area contributed by atoms with E-state index in [9.17, 15) is 9.18 Å². The van der Waals surface area contributed by atoms with E-state index in [-0.39, 0.29) is 11.7 Å². The zero-order chi connectivity index (χ0) is 14.5. The van der Waals surface area contributed by atoms with Gasteiger partial charge in [0.15, 0.2) is 0 Å². The van der Waals surface area contributed by atoms with Crippen LogP contribution in [-0.2, 0) is 6.42 Å². The highest BCUT2D eigenvalue weighted by Gasteiger charge is 2.10. The molecule has 0 aliphatic carbocycles. The molecular weight excluding hydrogens is 321 g/mol. The summed E-state index contributed by atoms with van der Waals surface area (Å²) < 4.78 is 14.3. The van der Waals surface area contributed by atoms with Gasteiger partial charge in [0.1, 0.15) is 5.82 Å². The van der Waals surface area contributed by atoms with Gasteiger partial charge < -0.3 is 5.32 Å². The van der Waals surface area contributed by atoms with Crippen LogP contribution in [0.15, 0.2) is 46.9 Å². The molecule has 0 radical (unpaired) electrons. The summed E-state index contributed by atoms with van der Waals surface area (Å²) in [5.41, 5.74) is 2.14. The summed E-state index contributed by atoms with van der Waals surface area (Å²) in [6, 6.07) is 12.1. The Bertz CT molecular complexity index is 628. The zero-order valence-electron chi connectivity index (χ0n) is 11.1. The number of halogens is 2. The van der Waals surface area contributed by atoms with Crippen molar-refractivity contribution in [1.29, 1.82) is 0 Å². The Morgan fingerprint density at radius 3 is 2.70 bits per heavy atom. The number of carbonyl (C=O) groups excluding carboxylic acids is 1. The maximum Gasteiger partial charge on any atom is 0.251 e. The number of hydrogen-bond acceptors (Lipinski definition) is 1. The Kier molecular flexibility index (Phi) is 4.90. The molecule has 0 fully saturated rings. The second kappa shape index (κ2) is 6.66. The first kappa shape index (κ1) is 14.7. The third kappa shape index (κ3) is 3.45. The van der Waals surface area contributed by atoms with Crippen molar-refractivity contribution in [2.24, 2.45) is 0 Å². The molecule has 2 aromatic carbocycles. The number of benzene rings is 2. The summed E-state index contributed by atoms with van der Waals surface area (Å²) in [4.78, 5) is 12.1. The van der Waals surface area contributed by atoms with Crippen LogP contribution in [0.1, 0.15) is 21.5 Å². The van der Waals surface area contributed by atoms with Crippen LogP contribution >= 0.6 is 15.9 Å². The highest BCUT2D eigenvalue weighted by molar-refractivity contribution is 9.10. The van der Waals surface area contributed by atoms with Gasteiger partial charge in [0, 0.05) is 16.6 Å². The molecule has 1 N–H and O–H groups in total. The lowest BCUT2D eigenvalue weighted by molar-refractivity contribution is 0.0953. The van der Waals surface area contributed by atoms with Gasteiger partial charge in [0.2, 0.25) is 0 Å². The Balaban J connectivity index is 1.96. The molecule has 104 valence electrons. The van der Waals surface area contributed by atoms with Crippen molar-refractivity contribution < 1.29 is 9.18 Å². The van der Waals surface area contributed by atoms with Gasteiger partial charge in [-0.05, 0) is 42.7 Å². The van der Waals surface area contributed by atoms with E-state index >= 15 is 0 Å². The largest absolute Gasteiger partial charge is 0.352 e. The van der Waals surface area contributed by atoms with Crippen molar-refractivity contribution in [2.45, 2.75) is 13.3 Å². The minimum absolute atomic E-state index is 0.139. The first-order valence-electron chi connectivity index (χ1n) is 6.36. The van der Waals surface area contributed by atoms with E-state index in [4.69, 9.17) is 0 Å². The smallest absolute Gasteiger partial charge is 0.251 e. The van der Waals surface area contributed by atoms with Crippen LogP contribution in [-0.4, -0.2) is 12.5 Å². The summed E-state index contributed by atoms with van der Waals surface area (Å²) in [5.74, 6) is -0.375. The maximum atomic E-state index is 13.4. The van der Waals surface area contributed by atoms with Crippen LogP contribution in [0.2, 0.25) is 0 Å². The predicted octanol–water partition coefficient (Wildman–Crippen LogP) is 3.87. The molecule has 4 heteroatoms. The van der Waals surface area contributed by atoms with Gasteiger partial charge in [-0.3, -0.25) is 4.79 Å². The van der Waals surface area contributed by atoms with E-state index in [1.807, 2.05) is 19.1 Å². The van der Waals surface area contributed by atoms with Crippen LogP contribution in [0.3, 0.4) is 0 Å². The number of hydrogen-bond donors (Lipinski definition) is 1. The first-order valence-corrected chi connectivity index (χ1v) is 7.15. The Morgan fingerprint density at radius 2 is 1.95 bits per heavy atom. The van der Waals surface area contributed by atoms with Gasteiger partial charge >= 0.3 is 0 Å². The molecule has 0 aliphatic heterocycles. The van der Waals surface area contributed by atoms with Crippen molar-refractivity contribution in [3.63, 3.8) is 0 Å². The molecule has 0 aromatic heterocycles. The normalized spacial score (nSPS) is 10.3. The maximum absolute atomic E-state index is 13.4. The van der Waals surface area contributed by atoms with Gasteiger partial charge in [-0.1, -0.05) is 40.2 Å². The van der Waals surface area contributed by atoms with Gasteiger partial charge in [-0.2, -0.15) is 0 Å². The third-order valence-corrected chi connectivity index (χ3v) is 4.01. The second-order valence-electron chi connectivity index (χ2n) is 4.51. The topological polar surface area (TPSA) is 29.1 Å². The summed E-state index contributed by atoms with van der Waals surface area (Å²) in [7, 11) is 0. The first-order chi connectivity index (χ1) is 9.59. The van der Waals surface area contributed by atoms with Gasteiger partial charge in [0.05, 0.1) is 0 Å². The monoisotopic (exact) mass is 335 g/mol. The molecule has 2 nitrogen and oxygen atoms in total. The highest BCUT2D eigenvalue weighted by Crippen LogP contribution is 2.19. The van der Waals surface area contributed by atoms with Crippen LogP contribution in [0.25, 0.3) is 0 Å². The average Bonchev–Trinajstić information content (AvgIpc) is 2.44. The van der Waals surface area contributed by atoms with E-state index < -0.39 is 0 Å². The number of carbonyl (C=O) groups is 1. The van der Waals surface area contributed by atoms with Crippen molar-refractivity contribution in [3.05, 3.63) is 69.4 Å². The quantitative estimate of drug-likeness (QED) is 0.902. The van der Waals surface area contributed by atoms with Crippen molar-refractivity contribution in [1.82, 2.24) is 5.32 Å². The summed E-state index contributed by atoms with van der Waals surface area (Å²) in [5, 5.41) is 2.82. The Morgan fingerprint density at radius 1 is 1.20 bits per heavy atom. The fourth-order valence-corrected chi connectivity index (χ4v) is 2.33. The van der Waals surface area contributed by atoms with Gasteiger partial charge in [0.25, 0.3) is 5.91 Å². The molecular formula is C16H15BrFNO. The average molecular weight is 336 g/mol. The fraction of sp³-hybridized carbons (Fsp3) is 0.188. The van der Waals surface area contributed by atoms with E-state index in [2.05, 4.69) is 21.2 Å². The molecule has 0 saturated carbocycles. The highest BCUT2D eigenvalue weighted by atomic mass is 79.9. The molecule has 0 unspecified atom stereocenters. The Hall–Kier alpha value is -1.68. The van der Waals surface area contributed by atoms with Crippen molar-refractivity contribution in [3.8, 4) is 0 Å². The van der Waals surface area contributed by atoms with Gasteiger partial charge in [-0.25, -0.2) is 4.39 Å². The van der Waals surface area contributed by atoms with Crippen molar-refractivity contribution in [2.75, 3.05) is 6.54 Å². The van der Waals surface area contributed by atoms with E-state index in [1.54, 1.807) is 24.3 Å². The van der Waals surface area contributed by atoms with Gasteiger partial charge in [-0.15, -0.1) is 0 Å². The van der Waals surface area contributed by atoms with Crippen LogP contribution in [0.4, 0.5) is 4.39 Å². The van der Waals surface area contributed by atoms with E-state index in [1.165, 1.54) is 6.07 Å². The minimum Gasteiger partial charge on any atom is -0.352 e. The van der Waals surface area contributed by atoms with Crippen molar-refractivity contribution >= 4 is 21.8 Å². The van der Waals surface area contributed by atoms with Crippen LogP contribution < -0.4 is 5.32 Å². The van der Waals surface area contributed by atoms with Crippen LogP contribution in [0, 0.1) is 12.7 Å². The molecule has 1 amide bonds. The SMILES string of the molecule is Cc1c(Br)cccc1C(=O)NCCc1ccccc1F. The molecule has 2 aromatic rings. The van der Waals surface area contributed by atoms with E-state index in [0.717, 1.165) is 10.0 Å². The number of amides is 1. The molecule has 0 saturated heterocycles. The molecule has 0 heterocycles. The molecule has 0 spiro atoms. The third-order valence-electron chi connectivity index (χ3n) is 3.15. The minimum atomic E-state index is -0.236. The number of nitrogens with one attached hydrogen (secondary N) is 1. The molecule has 0 bridgehead atoms. The molecule has 0 aliphatic rings. The standard InChI is InChI=1S/C16H15BrFNO/c1-11-13(6-4-7-14(11)17)16(20)19-10-9-12-5-2-3-8-15(12)18/h2-8H,9-10H2,1H3,(H,19,20). The zero-order valence-corrected chi connectivity index (χ0v) is 12.7. The van der Waals surface area contributed by atoms with Crippen LogP contribution in [0.5, 0.6) is 0 Å². The lowest BCUT2D eigenvalue weighted by Gasteiger charge is -2.09. The lowest BCUT2D eigenvalue weighted by Crippen LogP contribution is -2.26. The summed E-state index contributed by atoms with van der Waals surface area (Å²) in [6.07, 6.45) is 0.478.